The quantitative estimate of drug-likeness (QED) is 0.188. The first-order valence-corrected chi connectivity index (χ1v) is 9.14. The Labute approximate surface area is 178 Å². The Morgan fingerprint density at radius 3 is 2.35 bits per heavy atom. The van der Waals surface area contributed by atoms with Crippen LogP contribution in [0.25, 0.3) is 6.08 Å². The van der Waals surface area contributed by atoms with Crippen molar-refractivity contribution in [2.75, 3.05) is 20.7 Å². The number of nitrogens with zero attached hydrogens (tertiary/aromatic N) is 1. The van der Waals surface area contributed by atoms with E-state index in [1.165, 1.54) is 13.2 Å². The van der Waals surface area contributed by atoms with Crippen LogP contribution < -0.4 is 14.8 Å². The highest BCUT2D eigenvalue weighted by Gasteiger charge is 2.10. The summed E-state index contributed by atoms with van der Waals surface area (Å²) < 4.78 is 15.6. The van der Waals surface area contributed by atoms with Crippen LogP contribution in [0.4, 0.5) is 0 Å². The molecule has 1 N–H and O–H groups in total. The van der Waals surface area contributed by atoms with Crippen LogP contribution in [0.5, 0.6) is 11.5 Å². The topological polar surface area (TPSA) is 126 Å². The largest absolute Gasteiger partial charge is 0.493 e. The van der Waals surface area contributed by atoms with Gasteiger partial charge in [-0.3, -0.25) is 4.79 Å². The molecule has 10 heteroatoms. The van der Waals surface area contributed by atoms with Crippen molar-refractivity contribution in [3.63, 3.8) is 0 Å². The van der Waals surface area contributed by atoms with Crippen LogP contribution >= 0.6 is 0 Å². The minimum Gasteiger partial charge on any atom is -0.493 e. The second kappa shape index (κ2) is 11.9. The van der Waals surface area contributed by atoms with Gasteiger partial charge in [0.05, 0.1) is 13.7 Å². The molecular formula is C21H22N2O8. The fourth-order valence-electron chi connectivity index (χ4n) is 2.40. The van der Waals surface area contributed by atoms with E-state index >= 15 is 0 Å². The molecule has 0 aliphatic rings. The van der Waals surface area contributed by atoms with Crippen molar-refractivity contribution in [3.8, 4) is 11.5 Å². The van der Waals surface area contributed by atoms with Gasteiger partial charge in [-0.15, -0.1) is 10.1 Å². The Hall–Kier alpha value is -3.92. The summed E-state index contributed by atoms with van der Waals surface area (Å²) in [7, 11) is 3.08. The number of methoxy groups -OCH3 is 1. The monoisotopic (exact) mass is 430 g/mol. The van der Waals surface area contributed by atoms with E-state index in [-0.39, 0.29) is 25.5 Å². The highest BCUT2D eigenvalue weighted by molar-refractivity contribution is 5.87. The number of carbonyl (C=O) groups excluding carboxylic acids is 2. The minimum absolute atomic E-state index is 0.0449. The zero-order valence-electron chi connectivity index (χ0n) is 17.0. The van der Waals surface area contributed by atoms with Gasteiger partial charge in [0.25, 0.3) is 5.09 Å². The van der Waals surface area contributed by atoms with Gasteiger partial charge in [-0.1, -0.05) is 30.3 Å². The first-order chi connectivity index (χ1) is 14.9. The lowest BCUT2D eigenvalue weighted by Crippen LogP contribution is -2.23. The van der Waals surface area contributed by atoms with E-state index in [1.54, 1.807) is 55.6 Å². The molecule has 31 heavy (non-hydrogen) atoms. The molecule has 0 aliphatic carbocycles. The molecule has 0 aromatic heterocycles. The summed E-state index contributed by atoms with van der Waals surface area (Å²) in [5.41, 5.74) is 2.00. The summed E-state index contributed by atoms with van der Waals surface area (Å²) in [5, 5.41) is 12.0. The van der Waals surface area contributed by atoms with E-state index < -0.39 is 17.0 Å². The van der Waals surface area contributed by atoms with Crippen LogP contribution in [-0.4, -0.2) is 37.7 Å². The first kappa shape index (κ1) is 23.4. The molecule has 0 aliphatic heterocycles. The molecule has 2 aromatic rings. The van der Waals surface area contributed by atoms with Crippen molar-refractivity contribution in [1.82, 2.24) is 5.32 Å². The Bertz CT molecular complexity index is 941. The van der Waals surface area contributed by atoms with Crippen LogP contribution in [0.15, 0.2) is 48.5 Å². The number of hydrogen-bond donors (Lipinski definition) is 1. The van der Waals surface area contributed by atoms with Crippen LogP contribution in [0.1, 0.15) is 16.7 Å². The van der Waals surface area contributed by atoms with E-state index in [9.17, 15) is 19.7 Å². The smallest absolute Gasteiger partial charge is 0.331 e. The van der Waals surface area contributed by atoms with E-state index in [4.69, 9.17) is 14.2 Å². The lowest BCUT2D eigenvalue weighted by molar-refractivity contribution is -0.763. The number of ether oxygens (including phenoxy) is 3. The van der Waals surface area contributed by atoms with E-state index in [0.717, 1.165) is 5.56 Å². The number of benzene rings is 2. The molecule has 0 bridgehead atoms. The Morgan fingerprint density at radius 2 is 1.74 bits per heavy atom. The summed E-state index contributed by atoms with van der Waals surface area (Å²) in [5.74, 6) is -0.383. The Kier molecular flexibility index (Phi) is 8.99. The van der Waals surface area contributed by atoms with E-state index in [1.807, 2.05) is 0 Å². The molecule has 0 amide bonds. The second-order valence-electron chi connectivity index (χ2n) is 6.17. The summed E-state index contributed by atoms with van der Waals surface area (Å²) >= 11 is 0. The van der Waals surface area contributed by atoms with Crippen molar-refractivity contribution in [2.45, 2.75) is 13.2 Å². The van der Waals surface area contributed by atoms with E-state index in [0.29, 0.717) is 16.9 Å². The molecule has 0 radical (unpaired) electrons. The summed E-state index contributed by atoms with van der Waals surface area (Å²) in [4.78, 5) is 38.0. The highest BCUT2D eigenvalue weighted by atomic mass is 16.9. The van der Waals surface area contributed by atoms with Gasteiger partial charge >= 0.3 is 11.9 Å². The van der Waals surface area contributed by atoms with Crippen LogP contribution in [0.3, 0.4) is 0 Å². The van der Waals surface area contributed by atoms with Crippen molar-refractivity contribution < 1.29 is 33.7 Å². The van der Waals surface area contributed by atoms with Gasteiger partial charge in [-0.25, -0.2) is 4.79 Å². The Balaban J connectivity index is 1.89. The van der Waals surface area contributed by atoms with Crippen molar-refractivity contribution in [3.05, 3.63) is 75.3 Å². The van der Waals surface area contributed by atoms with Gasteiger partial charge in [0.1, 0.15) is 13.2 Å². The molecule has 0 fully saturated rings. The normalized spacial score (nSPS) is 10.5. The molecule has 164 valence electrons. The molecule has 0 saturated carbocycles. The van der Waals surface area contributed by atoms with Gasteiger partial charge in [0.2, 0.25) is 0 Å². The standard InChI is InChI=1S/C21H22N2O8/c1-22-12-21(25)31-18-9-7-15(11-19(18)28-2)8-10-20(24)29-13-16-3-5-17(6-4-16)14-30-23(26)27/h3-11,22H,12-14H2,1-2H3/b10-8+. The molecule has 2 rings (SSSR count). The third kappa shape index (κ3) is 8.15. The van der Waals surface area contributed by atoms with Gasteiger partial charge in [-0.05, 0) is 41.9 Å². The van der Waals surface area contributed by atoms with Crippen LogP contribution in [0.2, 0.25) is 0 Å². The van der Waals surface area contributed by atoms with Gasteiger partial charge in [0, 0.05) is 6.08 Å². The van der Waals surface area contributed by atoms with Crippen LogP contribution in [0, 0.1) is 10.1 Å². The maximum absolute atomic E-state index is 12.0. The predicted molar refractivity (Wildman–Crippen MR) is 110 cm³/mol. The molecule has 0 atom stereocenters. The van der Waals surface area contributed by atoms with Crippen LogP contribution in [-0.2, 0) is 32.4 Å². The summed E-state index contributed by atoms with van der Waals surface area (Å²) in [6.07, 6.45) is 2.81. The summed E-state index contributed by atoms with van der Waals surface area (Å²) in [6, 6.07) is 11.5. The molecule has 0 unspecified atom stereocenters. The molecule has 0 heterocycles. The fourth-order valence-corrected chi connectivity index (χ4v) is 2.40. The first-order valence-electron chi connectivity index (χ1n) is 9.14. The Morgan fingerprint density at radius 1 is 1.06 bits per heavy atom. The molecule has 2 aromatic carbocycles. The van der Waals surface area contributed by atoms with Crippen molar-refractivity contribution in [1.29, 1.82) is 0 Å². The number of carbonyl (C=O) groups is 2. The highest BCUT2D eigenvalue weighted by Crippen LogP contribution is 2.28. The van der Waals surface area contributed by atoms with Crippen molar-refractivity contribution in [2.24, 2.45) is 0 Å². The van der Waals surface area contributed by atoms with Crippen molar-refractivity contribution >= 4 is 18.0 Å². The number of hydrogen-bond acceptors (Lipinski definition) is 9. The third-order valence-corrected chi connectivity index (χ3v) is 3.89. The van der Waals surface area contributed by atoms with Gasteiger partial charge in [0.15, 0.2) is 11.5 Å². The average Bonchev–Trinajstić information content (AvgIpc) is 2.76. The lowest BCUT2D eigenvalue weighted by atomic mass is 10.1. The number of nitrogens with one attached hydrogen (secondary N) is 1. The van der Waals surface area contributed by atoms with Gasteiger partial charge in [-0.2, -0.15) is 0 Å². The number of rotatable bonds is 11. The van der Waals surface area contributed by atoms with E-state index in [2.05, 4.69) is 10.2 Å². The predicted octanol–water partition coefficient (Wildman–Crippen LogP) is 2.28. The second-order valence-corrected chi connectivity index (χ2v) is 6.17. The lowest BCUT2D eigenvalue weighted by Gasteiger charge is -2.09. The molecule has 0 spiro atoms. The fraction of sp³-hybridized carbons (Fsp3) is 0.238. The SMILES string of the molecule is CNCC(=O)Oc1ccc(/C=C/C(=O)OCc2ccc(CO[N+](=O)[O-])cc2)cc1OC. The maximum atomic E-state index is 12.0. The minimum atomic E-state index is -0.859. The summed E-state index contributed by atoms with van der Waals surface area (Å²) in [6.45, 7) is -0.0397. The van der Waals surface area contributed by atoms with Gasteiger partial charge < -0.3 is 24.4 Å². The molecule has 0 saturated heterocycles. The molecule has 10 nitrogen and oxygen atoms in total. The number of likely N-dealkylation sites (N-methyl/N-ethyl adjacent to an activating group) is 1. The number of esters is 2. The zero-order chi connectivity index (χ0) is 22.6. The molecular weight excluding hydrogens is 408 g/mol. The maximum Gasteiger partial charge on any atom is 0.331 e. The average molecular weight is 430 g/mol. The third-order valence-electron chi connectivity index (χ3n) is 3.89. The zero-order valence-corrected chi connectivity index (χ0v) is 17.0.